The van der Waals surface area contributed by atoms with E-state index in [2.05, 4.69) is 17.3 Å². The third kappa shape index (κ3) is 3.16. The molecule has 0 radical (unpaired) electrons. The van der Waals surface area contributed by atoms with Crippen LogP contribution < -0.4 is 16.8 Å². The van der Waals surface area contributed by atoms with Crippen molar-refractivity contribution in [2.75, 3.05) is 44.0 Å². The summed E-state index contributed by atoms with van der Waals surface area (Å²) in [5.41, 5.74) is 11.8. The summed E-state index contributed by atoms with van der Waals surface area (Å²) in [5.74, 6) is 0.200. The number of primary amides is 1. The molecule has 1 aliphatic rings. The fourth-order valence-corrected chi connectivity index (χ4v) is 4.25. The van der Waals surface area contributed by atoms with E-state index in [0.717, 1.165) is 29.5 Å². The van der Waals surface area contributed by atoms with Gasteiger partial charge in [0.2, 0.25) is 0 Å². The molecule has 19 heavy (non-hydrogen) atoms. The van der Waals surface area contributed by atoms with Crippen LogP contribution in [0.3, 0.4) is 0 Å². The Balaban J connectivity index is 2.07. The van der Waals surface area contributed by atoms with Gasteiger partial charge in [-0.15, -0.1) is 23.1 Å². The molecule has 106 valence electrons. The normalized spacial score (nSPS) is 19.8. The van der Waals surface area contributed by atoms with Crippen LogP contribution in [0.25, 0.3) is 0 Å². The summed E-state index contributed by atoms with van der Waals surface area (Å²) in [7, 11) is 2.14. The Morgan fingerprint density at radius 3 is 2.89 bits per heavy atom. The molecule has 7 heteroatoms. The van der Waals surface area contributed by atoms with Gasteiger partial charge in [-0.3, -0.25) is 4.79 Å². The molecule has 1 amide bonds. The van der Waals surface area contributed by atoms with Gasteiger partial charge in [0.05, 0.1) is 10.6 Å². The summed E-state index contributed by atoms with van der Waals surface area (Å²) in [6.07, 6.45) is 3.17. The van der Waals surface area contributed by atoms with Crippen LogP contribution in [0.2, 0.25) is 0 Å². The summed E-state index contributed by atoms with van der Waals surface area (Å²) in [4.78, 5) is 15.0. The standard InChI is InChI=1S/C12H20N4OS2/c1-16-4-3-7(6-16)5-15-12-10(18-2)8(13)9(19-12)11(14)17/h7,15H,3-6,13H2,1-2H3,(H2,14,17). The predicted octanol–water partition coefficient (Wildman–Crippen LogP) is 1.51. The number of nitrogens with zero attached hydrogens (tertiary/aromatic N) is 1. The van der Waals surface area contributed by atoms with Crippen LogP contribution in [0.1, 0.15) is 16.1 Å². The van der Waals surface area contributed by atoms with Crippen LogP contribution in [0.5, 0.6) is 0 Å². The number of carbonyl (C=O) groups excluding carboxylic acids is 1. The quantitative estimate of drug-likeness (QED) is 0.718. The van der Waals surface area contributed by atoms with Gasteiger partial charge in [0, 0.05) is 13.1 Å². The van der Waals surface area contributed by atoms with Crippen molar-refractivity contribution in [1.29, 1.82) is 0 Å². The number of rotatable bonds is 5. The van der Waals surface area contributed by atoms with Crippen molar-refractivity contribution in [3.05, 3.63) is 4.88 Å². The maximum atomic E-state index is 11.3. The maximum Gasteiger partial charge on any atom is 0.261 e. The van der Waals surface area contributed by atoms with Gasteiger partial charge in [-0.2, -0.15) is 0 Å². The smallest absolute Gasteiger partial charge is 0.261 e. The summed E-state index contributed by atoms with van der Waals surface area (Å²) >= 11 is 2.91. The van der Waals surface area contributed by atoms with Crippen LogP contribution in [0.15, 0.2) is 4.90 Å². The number of carbonyl (C=O) groups is 1. The largest absolute Gasteiger partial charge is 0.396 e. The highest BCUT2D eigenvalue weighted by Gasteiger charge is 2.22. The number of likely N-dealkylation sites (tertiary alicyclic amines) is 1. The first-order chi connectivity index (χ1) is 9.02. The number of thioether (sulfide) groups is 1. The Bertz CT molecular complexity index is 475. The first-order valence-corrected chi connectivity index (χ1v) is 8.25. The molecule has 1 unspecified atom stereocenters. The summed E-state index contributed by atoms with van der Waals surface area (Å²) in [6, 6.07) is 0. The van der Waals surface area contributed by atoms with Crippen LogP contribution >= 0.6 is 23.1 Å². The minimum absolute atomic E-state index is 0.452. The summed E-state index contributed by atoms with van der Waals surface area (Å²) in [6.45, 7) is 3.18. The minimum Gasteiger partial charge on any atom is -0.396 e. The molecular formula is C12H20N4OS2. The highest BCUT2D eigenvalue weighted by Crippen LogP contribution is 2.41. The van der Waals surface area contributed by atoms with E-state index in [9.17, 15) is 4.79 Å². The number of nitrogen functional groups attached to an aromatic ring is 1. The van der Waals surface area contributed by atoms with Gasteiger partial charge < -0.3 is 21.7 Å². The zero-order chi connectivity index (χ0) is 14.0. The van der Waals surface area contributed by atoms with Gasteiger partial charge in [0.25, 0.3) is 5.91 Å². The molecule has 0 aliphatic carbocycles. The number of nitrogens with one attached hydrogen (secondary N) is 1. The van der Waals surface area contributed by atoms with Gasteiger partial charge >= 0.3 is 0 Å². The van der Waals surface area contributed by atoms with Gasteiger partial charge in [-0.05, 0) is 32.2 Å². The second-order valence-corrected chi connectivity index (χ2v) is 6.71. The Morgan fingerprint density at radius 2 is 2.37 bits per heavy atom. The number of thiophene rings is 1. The van der Waals surface area contributed by atoms with Gasteiger partial charge in [0.1, 0.15) is 9.88 Å². The van der Waals surface area contributed by atoms with Crippen LogP contribution in [0.4, 0.5) is 10.7 Å². The lowest BCUT2D eigenvalue weighted by Crippen LogP contribution is -2.18. The molecule has 5 nitrogen and oxygen atoms in total. The second-order valence-electron chi connectivity index (χ2n) is 4.87. The minimum atomic E-state index is -0.452. The molecule has 0 aromatic carbocycles. The van der Waals surface area contributed by atoms with Gasteiger partial charge in [0.15, 0.2) is 0 Å². The van der Waals surface area contributed by atoms with Crippen molar-refractivity contribution in [3.63, 3.8) is 0 Å². The lowest BCUT2D eigenvalue weighted by Gasteiger charge is -2.12. The van der Waals surface area contributed by atoms with Crippen molar-refractivity contribution in [3.8, 4) is 0 Å². The third-order valence-electron chi connectivity index (χ3n) is 3.37. The van der Waals surface area contributed by atoms with Crippen molar-refractivity contribution in [1.82, 2.24) is 4.90 Å². The Labute approximate surface area is 121 Å². The molecule has 1 saturated heterocycles. The Hall–Kier alpha value is -0.920. The third-order valence-corrected chi connectivity index (χ3v) is 5.51. The van der Waals surface area contributed by atoms with E-state index in [1.165, 1.54) is 17.8 Å². The highest BCUT2D eigenvalue weighted by atomic mass is 32.2. The number of hydrogen-bond donors (Lipinski definition) is 3. The van der Waals surface area contributed by atoms with Crippen LogP contribution in [0, 0.1) is 5.92 Å². The predicted molar refractivity (Wildman–Crippen MR) is 83.1 cm³/mol. The SMILES string of the molecule is CSc1c(NCC2CCN(C)C2)sc(C(N)=O)c1N. The monoisotopic (exact) mass is 300 g/mol. The van der Waals surface area contributed by atoms with E-state index in [0.29, 0.717) is 16.5 Å². The molecule has 0 saturated carbocycles. The van der Waals surface area contributed by atoms with E-state index in [4.69, 9.17) is 11.5 Å². The van der Waals surface area contributed by atoms with E-state index < -0.39 is 5.91 Å². The summed E-state index contributed by atoms with van der Waals surface area (Å²) in [5, 5.41) is 4.39. The van der Waals surface area contributed by atoms with Crippen molar-refractivity contribution < 1.29 is 4.79 Å². The fraction of sp³-hybridized carbons (Fsp3) is 0.583. The highest BCUT2D eigenvalue weighted by molar-refractivity contribution is 7.99. The molecule has 0 spiro atoms. The second kappa shape index (κ2) is 6.02. The topological polar surface area (TPSA) is 84.4 Å². The van der Waals surface area contributed by atoms with E-state index in [1.807, 2.05) is 6.26 Å². The number of anilines is 2. The summed E-state index contributed by atoms with van der Waals surface area (Å²) < 4.78 is 0. The zero-order valence-electron chi connectivity index (χ0n) is 11.2. The van der Waals surface area contributed by atoms with Crippen molar-refractivity contribution >= 4 is 39.7 Å². The van der Waals surface area contributed by atoms with Gasteiger partial charge in [-0.1, -0.05) is 0 Å². The zero-order valence-corrected chi connectivity index (χ0v) is 12.9. The first kappa shape index (κ1) is 14.5. The molecule has 2 heterocycles. The molecule has 1 aromatic rings. The molecule has 1 aliphatic heterocycles. The lowest BCUT2D eigenvalue weighted by molar-refractivity contribution is 0.100. The van der Waals surface area contributed by atoms with Gasteiger partial charge in [-0.25, -0.2) is 0 Å². The molecule has 1 atom stereocenters. The maximum absolute atomic E-state index is 11.3. The number of amides is 1. The molecule has 2 rings (SSSR count). The van der Waals surface area contributed by atoms with E-state index in [-0.39, 0.29) is 0 Å². The van der Waals surface area contributed by atoms with E-state index >= 15 is 0 Å². The van der Waals surface area contributed by atoms with E-state index in [1.54, 1.807) is 11.8 Å². The molecule has 1 fully saturated rings. The lowest BCUT2D eigenvalue weighted by atomic mass is 10.1. The number of nitrogens with two attached hydrogens (primary N) is 2. The average Bonchev–Trinajstić information content (AvgIpc) is 2.90. The fourth-order valence-electron chi connectivity index (χ4n) is 2.36. The Morgan fingerprint density at radius 1 is 1.63 bits per heavy atom. The number of hydrogen-bond acceptors (Lipinski definition) is 6. The first-order valence-electron chi connectivity index (χ1n) is 6.21. The molecule has 0 bridgehead atoms. The molecule has 5 N–H and O–H groups in total. The molecular weight excluding hydrogens is 280 g/mol. The van der Waals surface area contributed by atoms with Crippen molar-refractivity contribution in [2.24, 2.45) is 11.7 Å². The Kier molecular flexibility index (Phi) is 4.59. The molecule has 1 aromatic heterocycles. The van der Waals surface area contributed by atoms with Crippen LogP contribution in [-0.4, -0.2) is 43.7 Å². The van der Waals surface area contributed by atoms with Crippen molar-refractivity contribution in [2.45, 2.75) is 11.3 Å². The average molecular weight is 300 g/mol. The van der Waals surface area contributed by atoms with Crippen LogP contribution in [-0.2, 0) is 0 Å².